The van der Waals surface area contributed by atoms with Crippen LogP contribution in [0.15, 0.2) is 42.5 Å². The van der Waals surface area contributed by atoms with E-state index in [0.717, 1.165) is 25.3 Å². The number of anilines is 1. The minimum Gasteiger partial charge on any atom is -0.496 e. The first-order chi connectivity index (χ1) is 10.3. The van der Waals surface area contributed by atoms with Crippen LogP contribution >= 0.6 is 0 Å². The quantitative estimate of drug-likeness (QED) is 0.880. The number of fused-ring (bicyclic) bond motifs is 1. The minimum atomic E-state index is 0.249. The summed E-state index contributed by atoms with van der Waals surface area (Å²) in [5.74, 6) is 0.939. The van der Waals surface area contributed by atoms with Crippen LogP contribution in [-0.2, 0) is 13.0 Å². The highest BCUT2D eigenvalue weighted by Crippen LogP contribution is 2.28. The Morgan fingerprint density at radius 1 is 1.19 bits per heavy atom. The van der Waals surface area contributed by atoms with Crippen LogP contribution in [0.2, 0.25) is 0 Å². The molecule has 0 aliphatic carbocycles. The fourth-order valence-electron chi connectivity index (χ4n) is 2.96. The highest BCUT2D eigenvalue weighted by molar-refractivity contribution is 5.61. The minimum absolute atomic E-state index is 0.249. The van der Waals surface area contributed by atoms with E-state index >= 15 is 0 Å². The number of methoxy groups -OCH3 is 1. The van der Waals surface area contributed by atoms with Crippen LogP contribution in [0.4, 0.5) is 5.69 Å². The van der Waals surface area contributed by atoms with Crippen molar-refractivity contribution in [3.8, 4) is 5.75 Å². The van der Waals surface area contributed by atoms with Crippen molar-refractivity contribution < 1.29 is 4.74 Å². The van der Waals surface area contributed by atoms with Crippen molar-refractivity contribution in [3.05, 3.63) is 59.2 Å². The fourth-order valence-corrected chi connectivity index (χ4v) is 2.96. The highest BCUT2D eigenvalue weighted by Gasteiger charge is 2.15. The van der Waals surface area contributed by atoms with Crippen LogP contribution in [0.1, 0.15) is 29.7 Å². The smallest absolute Gasteiger partial charge is 0.123 e. The van der Waals surface area contributed by atoms with Gasteiger partial charge < -0.3 is 15.4 Å². The van der Waals surface area contributed by atoms with Gasteiger partial charge in [-0.3, -0.25) is 0 Å². The van der Waals surface area contributed by atoms with E-state index in [1.54, 1.807) is 7.11 Å². The van der Waals surface area contributed by atoms with E-state index in [1.807, 2.05) is 12.1 Å². The van der Waals surface area contributed by atoms with E-state index in [9.17, 15) is 0 Å². The Morgan fingerprint density at radius 2 is 2.05 bits per heavy atom. The Kier molecular flexibility index (Phi) is 4.11. The predicted molar refractivity (Wildman–Crippen MR) is 86.9 cm³/mol. The zero-order chi connectivity index (χ0) is 14.7. The molecule has 3 nitrogen and oxygen atoms in total. The van der Waals surface area contributed by atoms with E-state index in [0.29, 0.717) is 0 Å². The lowest BCUT2D eigenvalue weighted by atomic mass is 10.0. The van der Waals surface area contributed by atoms with Crippen molar-refractivity contribution in [2.24, 2.45) is 0 Å². The summed E-state index contributed by atoms with van der Waals surface area (Å²) in [7, 11) is 1.72. The summed E-state index contributed by atoms with van der Waals surface area (Å²) in [6.45, 7) is 4.08. The normalized spacial score (nSPS) is 14.4. The molecule has 0 saturated carbocycles. The number of para-hydroxylation sites is 2. The van der Waals surface area contributed by atoms with Crippen molar-refractivity contribution in [2.75, 3.05) is 19.0 Å². The van der Waals surface area contributed by atoms with E-state index < -0.39 is 0 Å². The van der Waals surface area contributed by atoms with Crippen LogP contribution < -0.4 is 15.4 Å². The average molecular weight is 282 g/mol. The van der Waals surface area contributed by atoms with Crippen molar-refractivity contribution in [1.82, 2.24) is 5.32 Å². The SMILES string of the molecule is COc1ccccc1[C@@H](C)NCc1cccc2c1NCC2. The van der Waals surface area contributed by atoms with Crippen LogP contribution in [-0.4, -0.2) is 13.7 Å². The van der Waals surface area contributed by atoms with E-state index in [4.69, 9.17) is 4.74 Å². The van der Waals surface area contributed by atoms with Crippen LogP contribution in [0.3, 0.4) is 0 Å². The number of hydrogen-bond donors (Lipinski definition) is 2. The molecule has 1 aliphatic rings. The predicted octanol–water partition coefficient (Wildman–Crippen LogP) is 3.51. The Labute approximate surface area is 126 Å². The Balaban J connectivity index is 1.72. The van der Waals surface area contributed by atoms with Gasteiger partial charge in [0, 0.05) is 30.4 Å². The van der Waals surface area contributed by atoms with Crippen molar-refractivity contribution >= 4 is 5.69 Å². The molecule has 2 aromatic rings. The summed E-state index contributed by atoms with van der Waals surface area (Å²) in [6, 6.07) is 15.0. The van der Waals surface area contributed by atoms with Gasteiger partial charge in [0.05, 0.1) is 7.11 Å². The molecule has 0 amide bonds. The largest absolute Gasteiger partial charge is 0.496 e. The van der Waals surface area contributed by atoms with Crippen molar-refractivity contribution in [2.45, 2.75) is 25.9 Å². The molecule has 0 spiro atoms. The number of hydrogen-bond acceptors (Lipinski definition) is 3. The van der Waals surface area contributed by atoms with Gasteiger partial charge in [-0.1, -0.05) is 36.4 Å². The van der Waals surface area contributed by atoms with Gasteiger partial charge >= 0.3 is 0 Å². The van der Waals surface area contributed by atoms with Crippen LogP contribution in [0, 0.1) is 0 Å². The first-order valence-corrected chi connectivity index (χ1v) is 7.50. The summed E-state index contributed by atoms with van der Waals surface area (Å²) in [6.07, 6.45) is 1.13. The molecule has 0 saturated heterocycles. The first kappa shape index (κ1) is 14.0. The van der Waals surface area contributed by atoms with Crippen LogP contribution in [0.25, 0.3) is 0 Å². The molecule has 110 valence electrons. The average Bonchev–Trinajstić information content (AvgIpc) is 3.01. The summed E-state index contributed by atoms with van der Waals surface area (Å²) < 4.78 is 5.44. The molecule has 0 aromatic heterocycles. The lowest BCUT2D eigenvalue weighted by molar-refractivity contribution is 0.401. The molecule has 2 N–H and O–H groups in total. The maximum Gasteiger partial charge on any atom is 0.123 e. The van der Waals surface area contributed by atoms with Gasteiger partial charge in [-0.15, -0.1) is 0 Å². The molecule has 0 radical (unpaired) electrons. The zero-order valence-electron chi connectivity index (χ0n) is 12.6. The van der Waals surface area contributed by atoms with Gasteiger partial charge in [-0.05, 0) is 30.5 Å². The van der Waals surface area contributed by atoms with Crippen LogP contribution in [0.5, 0.6) is 5.75 Å². The maximum absolute atomic E-state index is 5.44. The third-order valence-corrected chi connectivity index (χ3v) is 4.14. The van der Waals surface area contributed by atoms with Gasteiger partial charge in [-0.25, -0.2) is 0 Å². The molecule has 3 heteroatoms. The zero-order valence-corrected chi connectivity index (χ0v) is 12.6. The molecule has 1 heterocycles. The molecular weight excluding hydrogens is 260 g/mol. The standard InChI is InChI=1S/C18H22N2O/c1-13(16-8-3-4-9-17(16)21-2)20-12-15-7-5-6-14-10-11-19-18(14)15/h3-9,13,19-20H,10-12H2,1-2H3/t13-/m1/s1. The third kappa shape index (κ3) is 2.88. The van der Waals surface area contributed by atoms with E-state index in [2.05, 4.69) is 47.9 Å². The molecule has 0 fully saturated rings. The molecule has 1 aliphatic heterocycles. The van der Waals surface area contributed by atoms with E-state index in [1.165, 1.54) is 22.4 Å². The van der Waals surface area contributed by atoms with Gasteiger partial charge in [0.15, 0.2) is 0 Å². The second-order valence-electron chi connectivity index (χ2n) is 5.47. The summed E-state index contributed by atoms with van der Waals surface area (Å²) >= 11 is 0. The second-order valence-corrected chi connectivity index (χ2v) is 5.47. The number of benzene rings is 2. The molecule has 0 bridgehead atoms. The topological polar surface area (TPSA) is 33.3 Å². The summed E-state index contributed by atoms with van der Waals surface area (Å²) in [4.78, 5) is 0. The van der Waals surface area contributed by atoms with Crippen molar-refractivity contribution in [3.63, 3.8) is 0 Å². The van der Waals surface area contributed by atoms with Gasteiger partial charge in [0.2, 0.25) is 0 Å². The molecule has 1 atom stereocenters. The second kappa shape index (κ2) is 6.19. The lowest BCUT2D eigenvalue weighted by Crippen LogP contribution is -2.19. The number of rotatable bonds is 5. The van der Waals surface area contributed by atoms with Gasteiger partial charge in [0.25, 0.3) is 0 Å². The molecule has 2 aromatic carbocycles. The number of ether oxygens (including phenoxy) is 1. The monoisotopic (exact) mass is 282 g/mol. The maximum atomic E-state index is 5.44. The summed E-state index contributed by atoms with van der Waals surface area (Å²) in [5.41, 5.74) is 5.28. The van der Waals surface area contributed by atoms with Gasteiger partial charge in [0.1, 0.15) is 5.75 Å². The first-order valence-electron chi connectivity index (χ1n) is 7.50. The number of nitrogens with one attached hydrogen (secondary N) is 2. The molecule has 3 rings (SSSR count). The Bertz CT molecular complexity index is 624. The molecular formula is C18H22N2O. The molecule has 0 unspecified atom stereocenters. The van der Waals surface area contributed by atoms with E-state index in [-0.39, 0.29) is 6.04 Å². The molecule has 21 heavy (non-hydrogen) atoms. The van der Waals surface area contributed by atoms with Gasteiger partial charge in [-0.2, -0.15) is 0 Å². The third-order valence-electron chi connectivity index (χ3n) is 4.14. The lowest BCUT2D eigenvalue weighted by Gasteiger charge is -2.18. The summed E-state index contributed by atoms with van der Waals surface area (Å²) in [5, 5.41) is 7.09. The highest BCUT2D eigenvalue weighted by atomic mass is 16.5. The fraction of sp³-hybridized carbons (Fsp3) is 0.333. The Hall–Kier alpha value is -2.00. The Morgan fingerprint density at radius 3 is 2.90 bits per heavy atom. The van der Waals surface area contributed by atoms with Crippen molar-refractivity contribution in [1.29, 1.82) is 0 Å².